The third-order valence-electron chi connectivity index (χ3n) is 5.06. The summed E-state index contributed by atoms with van der Waals surface area (Å²) in [5.41, 5.74) is 0.259. The highest BCUT2D eigenvalue weighted by molar-refractivity contribution is 5.68. The highest BCUT2D eigenvalue weighted by atomic mass is 16.2. The molecule has 0 radical (unpaired) electrons. The fraction of sp³-hybridized carbons (Fsp3) is 0.688. The van der Waals surface area contributed by atoms with Crippen LogP contribution >= 0.6 is 0 Å². The minimum Gasteiger partial charge on any atom is -0.336 e. The van der Waals surface area contributed by atoms with E-state index in [1.165, 1.54) is 32.1 Å². The summed E-state index contributed by atoms with van der Waals surface area (Å²) in [5, 5.41) is 0. The van der Waals surface area contributed by atoms with Gasteiger partial charge in [-0.05, 0) is 37.5 Å². The highest BCUT2D eigenvalue weighted by Gasteiger charge is 2.39. The molecule has 1 fully saturated rings. The van der Waals surface area contributed by atoms with Crippen molar-refractivity contribution in [2.75, 3.05) is 0 Å². The number of nitrogens with one attached hydrogen (secondary N) is 3. The Labute approximate surface area is 128 Å². The molecule has 6 nitrogen and oxygen atoms in total. The van der Waals surface area contributed by atoms with Gasteiger partial charge in [0.15, 0.2) is 5.65 Å². The van der Waals surface area contributed by atoms with Gasteiger partial charge in [-0.2, -0.15) is 0 Å². The smallest absolute Gasteiger partial charge is 0.327 e. The SMILES string of the molecule is CCCC1(CCC)CCC(c2nc3[nH]c(=O)[nH]c(=O)c3[nH]2)C1. The van der Waals surface area contributed by atoms with Crippen LogP contribution < -0.4 is 11.2 Å². The van der Waals surface area contributed by atoms with Crippen molar-refractivity contribution in [2.24, 2.45) is 5.41 Å². The van der Waals surface area contributed by atoms with Crippen molar-refractivity contribution in [2.45, 2.75) is 64.7 Å². The first-order valence-corrected chi connectivity index (χ1v) is 8.29. The molecule has 2 heterocycles. The van der Waals surface area contributed by atoms with Crippen LogP contribution in [0.5, 0.6) is 0 Å². The minimum atomic E-state index is -0.506. The summed E-state index contributed by atoms with van der Waals surface area (Å²) in [5.74, 6) is 1.20. The maximum atomic E-state index is 11.8. The van der Waals surface area contributed by atoms with Crippen LogP contribution in [-0.2, 0) is 0 Å². The van der Waals surface area contributed by atoms with Gasteiger partial charge in [0.25, 0.3) is 5.56 Å². The molecule has 22 heavy (non-hydrogen) atoms. The second kappa shape index (κ2) is 5.74. The normalized spacial score (nSPS) is 20.7. The van der Waals surface area contributed by atoms with Gasteiger partial charge in [0.05, 0.1) is 0 Å². The van der Waals surface area contributed by atoms with E-state index in [-0.39, 0.29) is 0 Å². The van der Waals surface area contributed by atoms with Crippen LogP contribution in [0.1, 0.15) is 70.5 Å². The Bertz CT molecular complexity index is 764. The van der Waals surface area contributed by atoms with Crippen LogP contribution in [0.25, 0.3) is 11.2 Å². The first kappa shape index (κ1) is 15.1. The largest absolute Gasteiger partial charge is 0.336 e. The summed E-state index contributed by atoms with van der Waals surface area (Å²) in [7, 11) is 0. The fourth-order valence-corrected chi connectivity index (χ4v) is 4.22. The molecule has 1 saturated carbocycles. The lowest BCUT2D eigenvalue weighted by Gasteiger charge is -2.28. The van der Waals surface area contributed by atoms with Crippen LogP contribution in [0.2, 0.25) is 0 Å². The Morgan fingerprint density at radius 3 is 2.55 bits per heavy atom. The average Bonchev–Trinajstić information content (AvgIpc) is 3.04. The molecule has 0 bridgehead atoms. The number of fused-ring (bicyclic) bond motifs is 1. The van der Waals surface area contributed by atoms with Crippen molar-refractivity contribution in [3.05, 3.63) is 26.7 Å². The molecule has 1 aliphatic carbocycles. The van der Waals surface area contributed by atoms with Crippen molar-refractivity contribution < 1.29 is 0 Å². The lowest BCUT2D eigenvalue weighted by atomic mass is 9.77. The lowest BCUT2D eigenvalue weighted by molar-refractivity contribution is 0.239. The number of hydrogen-bond donors (Lipinski definition) is 3. The van der Waals surface area contributed by atoms with Crippen molar-refractivity contribution in [1.82, 2.24) is 19.9 Å². The van der Waals surface area contributed by atoms with E-state index in [1.54, 1.807) is 0 Å². The zero-order valence-corrected chi connectivity index (χ0v) is 13.3. The van der Waals surface area contributed by atoms with E-state index < -0.39 is 11.2 Å². The molecule has 0 saturated heterocycles. The van der Waals surface area contributed by atoms with E-state index in [9.17, 15) is 9.59 Å². The van der Waals surface area contributed by atoms with Crippen molar-refractivity contribution >= 4 is 11.2 Å². The third-order valence-corrected chi connectivity index (χ3v) is 5.06. The topological polar surface area (TPSA) is 94.4 Å². The van der Waals surface area contributed by atoms with Gasteiger partial charge in [-0.15, -0.1) is 0 Å². The zero-order valence-electron chi connectivity index (χ0n) is 13.3. The monoisotopic (exact) mass is 304 g/mol. The number of imidazole rings is 1. The number of hydrogen-bond acceptors (Lipinski definition) is 3. The van der Waals surface area contributed by atoms with Gasteiger partial charge in [0.1, 0.15) is 11.3 Å². The van der Waals surface area contributed by atoms with Gasteiger partial charge < -0.3 is 4.98 Å². The van der Waals surface area contributed by atoms with Gasteiger partial charge in [-0.25, -0.2) is 9.78 Å². The molecule has 2 aromatic rings. The maximum absolute atomic E-state index is 11.8. The maximum Gasteiger partial charge on any atom is 0.327 e. The van der Waals surface area contributed by atoms with Crippen LogP contribution in [0, 0.1) is 5.41 Å². The van der Waals surface area contributed by atoms with Gasteiger partial charge in [0.2, 0.25) is 0 Å². The Hall–Kier alpha value is -1.85. The molecule has 1 unspecified atom stereocenters. The first-order valence-electron chi connectivity index (χ1n) is 8.29. The van der Waals surface area contributed by atoms with E-state index in [4.69, 9.17) is 0 Å². The molecule has 0 aromatic carbocycles. The summed E-state index contributed by atoms with van der Waals surface area (Å²) in [4.78, 5) is 35.6. The summed E-state index contributed by atoms with van der Waals surface area (Å²) in [6.45, 7) is 4.49. The average molecular weight is 304 g/mol. The standard InChI is InChI=1S/C16H24N4O2/c1-3-6-16(7-4-2)8-5-10(9-16)12-17-11-13(18-12)19-15(22)20-14(11)21/h10H,3-9H2,1-2H3,(H3,17,18,19,20,21,22). The zero-order chi connectivity index (χ0) is 15.7. The Kier molecular flexibility index (Phi) is 3.93. The number of rotatable bonds is 5. The predicted molar refractivity (Wildman–Crippen MR) is 86.2 cm³/mol. The van der Waals surface area contributed by atoms with E-state index in [1.807, 2.05) is 0 Å². The van der Waals surface area contributed by atoms with E-state index in [0.717, 1.165) is 18.7 Å². The van der Waals surface area contributed by atoms with Crippen LogP contribution in [-0.4, -0.2) is 19.9 Å². The number of aromatic amines is 3. The molecular weight excluding hydrogens is 280 g/mol. The van der Waals surface area contributed by atoms with Crippen molar-refractivity contribution in [1.29, 1.82) is 0 Å². The van der Waals surface area contributed by atoms with Crippen LogP contribution in [0.3, 0.4) is 0 Å². The molecule has 2 aromatic heterocycles. The summed E-state index contributed by atoms with van der Waals surface area (Å²) in [6.07, 6.45) is 8.38. The van der Waals surface area contributed by atoms with E-state index >= 15 is 0 Å². The van der Waals surface area contributed by atoms with E-state index in [2.05, 4.69) is 33.8 Å². The minimum absolute atomic E-state index is 0.355. The molecule has 1 atom stereocenters. The molecule has 120 valence electrons. The summed E-state index contributed by atoms with van der Waals surface area (Å²) in [6, 6.07) is 0. The number of aromatic nitrogens is 4. The lowest BCUT2D eigenvalue weighted by Crippen LogP contribution is -2.21. The molecule has 0 aliphatic heterocycles. The van der Waals surface area contributed by atoms with Gasteiger partial charge in [0, 0.05) is 5.92 Å². The second-order valence-corrected chi connectivity index (χ2v) is 6.69. The molecule has 3 N–H and O–H groups in total. The molecular formula is C16H24N4O2. The van der Waals surface area contributed by atoms with Crippen molar-refractivity contribution in [3.63, 3.8) is 0 Å². The Balaban J connectivity index is 1.91. The molecule has 6 heteroatoms. The molecule has 0 amide bonds. The first-order chi connectivity index (χ1) is 10.6. The van der Waals surface area contributed by atoms with E-state index in [0.29, 0.717) is 22.5 Å². The molecule has 0 spiro atoms. The number of H-pyrrole nitrogens is 3. The molecule has 1 aliphatic rings. The second-order valence-electron chi connectivity index (χ2n) is 6.69. The third kappa shape index (κ3) is 2.62. The summed E-state index contributed by atoms with van der Waals surface area (Å²) < 4.78 is 0. The van der Waals surface area contributed by atoms with Crippen LogP contribution in [0.15, 0.2) is 9.59 Å². The highest BCUT2D eigenvalue weighted by Crippen LogP contribution is 2.51. The van der Waals surface area contributed by atoms with Crippen molar-refractivity contribution in [3.8, 4) is 0 Å². The Morgan fingerprint density at radius 1 is 1.14 bits per heavy atom. The van der Waals surface area contributed by atoms with Gasteiger partial charge >= 0.3 is 5.69 Å². The van der Waals surface area contributed by atoms with Crippen LogP contribution in [0.4, 0.5) is 0 Å². The number of nitrogens with zero attached hydrogens (tertiary/aromatic N) is 1. The quantitative estimate of drug-likeness (QED) is 0.792. The van der Waals surface area contributed by atoms with Gasteiger partial charge in [-0.1, -0.05) is 26.7 Å². The fourth-order valence-electron chi connectivity index (χ4n) is 4.22. The summed E-state index contributed by atoms with van der Waals surface area (Å²) >= 11 is 0. The molecule has 3 rings (SSSR count). The predicted octanol–water partition coefficient (Wildman–Crippen LogP) is 2.79. The Morgan fingerprint density at radius 2 is 1.86 bits per heavy atom. The van der Waals surface area contributed by atoms with Gasteiger partial charge in [-0.3, -0.25) is 14.8 Å².